The van der Waals surface area contributed by atoms with Crippen LogP contribution in [-0.2, 0) is 13.2 Å². The summed E-state index contributed by atoms with van der Waals surface area (Å²) < 4.78 is 40.6. The van der Waals surface area contributed by atoms with Crippen LogP contribution in [0.1, 0.15) is 33.9 Å². The van der Waals surface area contributed by atoms with Crippen LogP contribution in [0.2, 0.25) is 0 Å². The lowest BCUT2D eigenvalue weighted by Gasteiger charge is -2.33. The van der Waals surface area contributed by atoms with Gasteiger partial charge in [0, 0.05) is 24.5 Å². The van der Waals surface area contributed by atoms with E-state index < -0.39 is 11.7 Å². The number of anilines is 1. The van der Waals surface area contributed by atoms with Crippen LogP contribution in [0, 0.1) is 0 Å². The molecule has 0 fully saturated rings. The van der Waals surface area contributed by atoms with Crippen molar-refractivity contribution in [3.8, 4) is 0 Å². The molecule has 4 aromatic rings. The van der Waals surface area contributed by atoms with Crippen molar-refractivity contribution in [3.05, 3.63) is 77.5 Å². The highest BCUT2D eigenvalue weighted by Crippen LogP contribution is 2.34. The molecule has 3 heterocycles. The quantitative estimate of drug-likeness (QED) is 0.442. The lowest BCUT2D eigenvalue weighted by molar-refractivity contribution is -0.137. The number of aryl methyl sites for hydroxylation is 1. The number of carbonyl (C=O) groups excluding carboxylic acids is 1. The molecule has 1 amide bonds. The van der Waals surface area contributed by atoms with E-state index in [-0.39, 0.29) is 11.9 Å². The number of benzene rings is 2. The zero-order valence-corrected chi connectivity index (χ0v) is 17.7. The van der Waals surface area contributed by atoms with Gasteiger partial charge in [0.15, 0.2) is 0 Å². The van der Waals surface area contributed by atoms with Crippen LogP contribution in [0.3, 0.4) is 0 Å². The van der Waals surface area contributed by atoms with Gasteiger partial charge in [-0.05, 0) is 42.3 Å². The predicted octanol–water partition coefficient (Wildman–Crippen LogP) is 4.87. The van der Waals surface area contributed by atoms with Crippen molar-refractivity contribution < 1.29 is 18.0 Å². The molecule has 0 saturated heterocycles. The van der Waals surface area contributed by atoms with E-state index in [0.717, 1.165) is 23.0 Å². The SMILES string of the molecule is Cn1ncc2c(N)nc3ccc(C(=O)N4CC=CCC4c4ccc(C(F)(F)F)cc4)cc3c21. The molecule has 2 N–H and O–H groups in total. The average molecular weight is 451 g/mol. The molecule has 33 heavy (non-hydrogen) atoms. The standard InChI is InChI=1S/C24H20F3N5O/c1-31-21-17-12-15(7-10-19(17)30-22(28)18(21)13-29-31)23(33)32-11-3-2-4-20(32)14-5-8-16(9-6-14)24(25,26)27/h2-3,5-10,12-13,20H,4,11H2,1H3,(H2,28,30). The number of pyridine rings is 1. The lowest BCUT2D eigenvalue weighted by atomic mass is 9.96. The summed E-state index contributed by atoms with van der Waals surface area (Å²) in [7, 11) is 1.80. The molecule has 0 radical (unpaired) electrons. The number of rotatable bonds is 2. The Balaban J connectivity index is 1.53. The Morgan fingerprint density at radius 2 is 1.85 bits per heavy atom. The topological polar surface area (TPSA) is 77.0 Å². The van der Waals surface area contributed by atoms with E-state index in [0.29, 0.717) is 40.8 Å². The summed E-state index contributed by atoms with van der Waals surface area (Å²) in [5.74, 6) is 0.159. The number of nitrogens with zero attached hydrogens (tertiary/aromatic N) is 4. The monoisotopic (exact) mass is 451 g/mol. The first-order valence-electron chi connectivity index (χ1n) is 10.4. The molecule has 0 saturated carbocycles. The van der Waals surface area contributed by atoms with E-state index in [1.165, 1.54) is 12.1 Å². The third kappa shape index (κ3) is 3.59. The van der Waals surface area contributed by atoms with Gasteiger partial charge in [0.2, 0.25) is 0 Å². The van der Waals surface area contributed by atoms with Gasteiger partial charge in [-0.25, -0.2) is 4.98 Å². The number of alkyl halides is 3. The van der Waals surface area contributed by atoms with Crippen molar-refractivity contribution in [2.24, 2.45) is 7.05 Å². The van der Waals surface area contributed by atoms with Gasteiger partial charge in [-0.1, -0.05) is 24.3 Å². The van der Waals surface area contributed by atoms with Crippen LogP contribution >= 0.6 is 0 Å². The highest BCUT2D eigenvalue weighted by Gasteiger charge is 2.32. The van der Waals surface area contributed by atoms with Crippen molar-refractivity contribution in [1.29, 1.82) is 0 Å². The molecule has 6 nitrogen and oxygen atoms in total. The van der Waals surface area contributed by atoms with E-state index in [4.69, 9.17) is 5.73 Å². The Labute approximate surface area is 187 Å². The van der Waals surface area contributed by atoms with Crippen molar-refractivity contribution in [2.45, 2.75) is 18.6 Å². The van der Waals surface area contributed by atoms with E-state index in [2.05, 4.69) is 10.1 Å². The number of carbonyl (C=O) groups is 1. The van der Waals surface area contributed by atoms with Crippen molar-refractivity contribution >= 4 is 33.5 Å². The van der Waals surface area contributed by atoms with Crippen LogP contribution in [0.15, 0.2) is 60.8 Å². The minimum atomic E-state index is -4.40. The van der Waals surface area contributed by atoms with E-state index in [1.54, 1.807) is 41.0 Å². The maximum absolute atomic E-state index is 13.5. The van der Waals surface area contributed by atoms with Gasteiger partial charge in [0.05, 0.1) is 34.2 Å². The molecule has 5 rings (SSSR count). The fraction of sp³-hybridized carbons (Fsp3) is 0.208. The zero-order chi connectivity index (χ0) is 23.3. The zero-order valence-electron chi connectivity index (χ0n) is 17.7. The van der Waals surface area contributed by atoms with Gasteiger partial charge in [-0.15, -0.1) is 0 Å². The summed E-state index contributed by atoms with van der Waals surface area (Å²) >= 11 is 0. The van der Waals surface area contributed by atoms with Gasteiger partial charge in [0.1, 0.15) is 5.82 Å². The van der Waals surface area contributed by atoms with Crippen LogP contribution in [0.5, 0.6) is 0 Å². The summed E-state index contributed by atoms with van der Waals surface area (Å²) in [6, 6.07) is 9.86. The Morgan fingerprint density at radius 3 is 2.58 bits per heavy atom. The molecule has 0 bridgehead atoms. The largest absolute Gasteiger partial charge is 0.416 e. The molecule has 2 aromatic heterocycles. The summed E-state index contributed by atoms with van der Waals surface area (Å²) in [5.41, 5.74) is 7.89. The Bertz CT molecular complexity index is 1410. The molecule has 168 valence electrons. The average Bonchev–Trinajstić information content (AvgIpc) is 3.20. The Morgan fingerprint density at radius 1 is 1.09 bits per heavy atom. The van der Waals surface area contributed by atoms with E-state index >= 15 is 0 Å². The van der Waals surface area contributed by atoms with Gasteiger partial charge >= 0.3 is 6.18 Å². The third-order valence-corrected chi connectivity index (χ3v) is 6.04. The Hall–Kier alpha value is -3.88. The molecule has 9 heteroatoms. The molecule has 2 aromatic carbocycles. The number of fused-ring (bicyclic) bond motifs is 3. The fourth-order valence-electron chi connectivity index (χ4n) is 4.36. The minimum Gasteiger partial charge on any atom is -0.383 e. The lowest BCUT2D eigenvalue weighted by Crippen LogP contribution is -2.36. The smallest absolute Gasteiger partial charge is 0.383 e. The molecule has 1 aliphatic rings. The minimum absolute atomic E-state index is 0.210. The van der Waals surface area contributed by atoms with Gasteiger partial charge in [-0.3, -0.25) is 9.48 Å². The molecule has 1 aliphatic heterocycles. The second-order valence-corrected chi connectivity index (χ2v) is 8.06. The van der Waals surface area contributed by atoms with Gasteiger partial charge in [0.25, 0.3) is 5.91 Å². The first kappa shape index (κ1) is 21.0. The van der Waals surface area contributed by atoms with Gasteiger partial charge < -0.3 is 10.6 Å². The summed E-state index contributed by atoms with van der Waals surface area (Å²) in [6.45, 7) is 0.365. The molecule has 0 aliphatic carbocycles. The summed E-state index contributed by atoms with van der Waals surface area (Å²) in [6.07, 6.45) is 1.59. The maximum Gasteiger partial charge on any atom is 0.416 e. The summed E-state index contributed by atoms with van der Waals surface area (Å²) in [4.78, 5) is 19.6. The second-order valence-electron chi connectivity index (χ2n) is 8.06. The first-order chi connectivity index (χ1) is 15.7. The third-order valence-electron chi connectivity index (χ3n) is 6.04. The fourth-order valence-corrected chi connectivity index (χ4v) is 4.36. The number of nitrogens with two attached hydrogens (primary N) is 1. The van der Waals surface area contributed by atoms with Crippen molar-refractivity contribution in [3.63, 3.8) is 0 Å². The van der Waals surface area contributed by atoms with Crippen LogP contribution in [0.4, 0.5) is 19.0 Å². The molecule has 1 atom stereocenters. The highest BCUT2D eigenvalue weighted by atomic mass is 19.4. The second kappa shape index (κ2) is 7.61. The number of nitrogen functional groups attached to an aromatic ring is 1. The van der Waals surface area contributed by atoms with E-state index in [1.807, 2.05) is 12.2 Å². The molecule has 1 unspecified atom stereocenters. The number of hydrogen-bond donors (Lipinski definition) is 1. The Kier molecular flexibility index (Phi) is 4.84. The number of amides is 1. The molecule has 0 spiro atoms. The van der Waals surface area contributed by atoms with Crippen LogP contribution < -0.4 is 5.73 Å². The normalized spacial score (nSPS) is 16.6. The highest BCUT2D eigenvalue weighted by molar-refractivity contribution is 6.10. The molecular formula is C24H20F3N5O. The number of hydrogen-bond acceptors (Lipinski definition) is 4. The van der Waals surface area contributed by atoms with E-state index in [9.17, 15) is 18.0 Å². The number of aromatic nitrogens is 3. The van der Waals surface area contributed by atoms with Gasteiger partial charge in [-0.2, -0.15) is 18.3 Å². The van der Waals surface area contributed by atoms with Crippen molar-refractivity contribution in [1.82, 2.24) is 19.7 Å². The molecular weight excluding hydrogens is 431 g/mol. The first-order valence-corrected chi connectivity index (χ1v) is 10.4. The number of halogens is 3. The van der Waals surface area contributed by atoms with Crippen LogP contribution in [0.25, 0.3) is 21.8 Å². The maximum atomic E-state index is 13.5. The predicted molar refractivity (Wildman–Crippen MR) is 119 cm³/mol. The summed E-state index contributed by atoms with van der Waals surface area (Å²) in [5, 5.41) is 5.72. The van der Waals surface area contributed by atoms with Crippen LogP contribution in [-0.4, -0.2) is 32.1 Å². The van der Waals surface area contributed by atoms with Crippen molar-refractivity contribution in [2.75, 3.05) is 12.3 Å².